The lowest BCUT2D eigenvalue weighted by atomic mass is 10.1. The van der Waals surface area contributed by atoms with Crippen molar-refractivity contribution in [1.29, 1.82) is 0 Å². The third-order valence-corrected chi connectivity index (χ3v) is 2.88. The first-order valence-corrected chi connectivity index (χ1v) is 5.82. The van der Waals surface area contributed by atoms with Gasteiger partial charge in [-0.3, -0.25) is 14.6 Å². The second-order valence-electron chi connectivity index (χ2n) is 4.19. The average molecular weight is 249 g/mol. The van der Waals surface area contributed by atoms with Crippen LogP contribution in [0.25, 0.3) is 11.3 Å². The van der Waals surface area contributed by atoms with E-state index in [-0.39, 0.29) is 11.4 Å². The van der Waals surface area contributed by atoms with E-state index >= 15 is 0 Å². The van der Waals surface area contributed by atoms with Crippen molar-refractivity contribution < 1.29 is 4.39 Å². The van der Waals surface area contributed by atoms with Crippen LogP contribution >= 0.6 is 0 Å². The highest BCUT2D eigenvalue weighted by molar-refractivity contribution is 5.62. The van der Waals surface area contributed by atoms with E-state index in [2.05, 4.69) is 10.4 Å². The van der Waals surface area contributed by atoms with E-state index in [4.69, 9.17) is 0 Å². The summed E-state index contributed by atoms with van der Waals surface area (Å²) in [6.07, 6.45) is 0.610. The second kappa shape index (κ2) is 5.18. The van der Waals surface area contributed by atoms with E-state index in [0.29, 0.717) is 29.8 Å². The normalized spacial score (nSPS) is 10.8. The van der Waals surface area contributed by atoms with Crippen molar-refractivity contribution in [1.82, 2.24) is 15.1 Å². The maximum atomic E-state index is 13.2. The lowest BCUT2D eigenvalue weighted by Crippen LogP contribution is -2.19. The standard InChI is InChI=1S/C13H16FN3O/c1-15-7-6-11-12(16-17(2)13(11)18)9-4-3-5-10(14)8-9/h3-5,8,15-16H,6-7H2,1-2H3. The summed E-state index contributed by atoms with van der Waals surface area (Å²) < 4.78 is 14.7. The van der Waals surface area contributed by atoms with Crippen molar-refractivity contribution in [2.24, 2.45) is 7.05 Å². The van der Waals surface area contributed by atoms with E-state index in [9.17, 15) is 9.18 Å². The van der Waals surface area contributed by atoms with Gasteiger partial charge in [-0.25, -0.2) is 4.39 Å². The van der Waals surface area contributed by atoms with Gasteiger partial charge in [0.1, 0.15) is 5.82 Å². The Bertz CT molecular complexity index is 601. The number of hydrogen-bond acceptors (Lipinski definition) is 2. The zero-order chi connectivity index (χ0) is 13.1. The topological polar surface area (TPSA) is 49.8 Å². The van der Waals surface area contributed by atoms with Gasteiger partial charge in [0.05, 0.1) is 5.69 Å². The van der Waals surface area contributed by atoms with Crippen LogP contribution in [0.2, 0.25) is 0 Å². The fraction of sp³-hybridized carbons (Fsp3) is 0.308. The molecular formula is C13H16FN3O. The number of likely N-dealkylation sites (N-methyl/N-ethyl adjacent to an activating group) is 1. The quantitative estimate of drug-likeness (QED) is 0.857. The Morgan fingerprint density at radius 3 is 2.89 bits per heavy atom. The van der Waals surface area contributed by atoms with Crippen LogP contribution in [0.1, 0.15) is 5.56 Å². The smallest absolute Gasteiger partial charge is 0.270 e. The second-order valence-corrected chi connectivity index (χ2v) is 4.19. The largest absolute Gasteiger partial charge is 0.319 e. The maximum absolute atomic E-state index is 13.2. The molecular weight excluding hydrogens is 233 g/mol. The third-order valence-electron chi connectivity index (χ3n) is 2.88. The van der Waals surface area contributed by atoms with Crippen LogP contribution in [0.5, 0.6) is 0 Å². The van der Waals surface area contributed by atoms with Crippen molar-refractivity contribution in [3.63, 3.8) is 0 Å². The maximum Gasteiger partial charge on any atom is 0.270 e. The molecule has 0 saturated carbocycles. The predicted molar refractivity (Wildman–Crippen MR) is 69.1 cm³/mol. The first kappa shape index (κ1) is 12.6. The van der Waals surface area contributed by atoms with Gasteiger partial charge in [0.15, 0.2) is 0 Å². The zero-order valence-corrected chi connectivity index (χ0v) is 10.5. The summed E-state index contributed by atoms with van der Waals surface area (Å²) in [7, 11) is 3.49. The summed E-state index contributed by atoms with van der Waals surface area (Å²) in [5.41, 5.74) is 2.00. The molecule has 2 rings (SSSR count). The Labute approximate surface area is 104 Å². The minimum absolute atomic E-state index is 0.0653. The summed E-state index contributed by atoms with van der Waals surface area (Å²) in [5.74, 6) is -0.309. The average Bonchev–Trinajstić information content (AvgIpc) is 2.64. The third kappa shape index (κ3) is 2.36. The number of H-pyrrole nitrogens is 1. The summed E-state index contributed by atoms with van der Waals surface area (Å²) >= 11 is 0. The van der Waals surface area contributed by atoms with Gasteiger partial charge >= 0.3 is 0 Å². The van der Waals surface area contributed by atoms with E-state index in [0.717, 1.165) is 0 Å². The molecule has 0 bridgehead atoms. The molecule has 0 atom stereocenters. The molecule has 0 saturated heterocycles. The molecule has 0 spiro atoms. The van der Waals surface area contributed by atoms with Crippen molar-refractivity contribution >= 4 is 0 Å². The highest BCUT2D eigenvalue weighted by Crippen LogP contribution is 2.20. The summed E-state index contributed by atoms with van der Waals surface area (Å²) in [6, 6.07) is 6.24. The highest BCUT2D eigenvalue weighted by atomic mass is 19.1. The Balaban J connectivity index is 2.50. The van der Waals surface area contributed by atoms with Crippen LogP contribution in [-0.2, 0) is 13.5 Å². The first-order valence-electron chi connectivity index (χ1n) is 5.82. The molecule has 0 unspecified atom stereocenters. The van der Waals surface area contributed by atoms with Crippen LogP contribution in [0.3, 0.4) is 0 Å². The molecule has 5 heteroatoms. The lowest BCUT2D eigenvalue weighted by molar-refractivity contribution is 0.628. The Morgan fingerprint density at radius 2 is 2.22 bits per heavy atom. The predicted octanol–water partition coefficient (Wildman–Crippen LogP) is 1.28. The molecule has 18 heavy (non-hydrogen) atoms. The number of aromatic amines is 1. The number of benzene rings is 1. The molecule has 0 aliphatic carbocycles. The molecule has 1 aromatic carbocycles. The Kier molecular flexibility index (Phi) is 3.62. The van der Waals surface area contributed by atoms with Crippen molar-refractivity contribution in [2.75, 3.05) is 13.6 Å². The molecule has 0 aliphatic heterocycles. The monoisotopic (exact) mass is 249 g/mol. The summed E-state index contributed by atoms with van der Waals surface area (Å²) in [4.78, 5) is 12.0. The number of nitrogens with zero attached hydrogens (tertiary/aromatic N) is 1. The first-order chi connectivity index (χ1) is 8.63. The van der Waals surface area contributed by atoms with E-state index in [1.165, 1.54) is 16.8 Å². The molecule has 1 heterocycles. The van der Waals surface area contributed by atoms with Crippen LogP contribution in [0.4, 0.5) is 4.39 Å². The number of nitrogens with one attached hydrogen (secondary N) is 2. The van der Waals surface area contributed by atoms with Gasteiger partial charge in [0.2, 0.25) is 0 Å². The molecule has 0 fully saturated rings. The molecule has 0 aliphatic rings. The lowest BCUT2D eigenvalue weighted by Gasteiger charge is -2.02. The zero-order valence-electron chi connectivity index (χ0n) is 10.5. The molecule has 4 nitrogen and oxygen atoms in total. The van der Waals surface area contributed by atoms with Crippen molar-refractivity contribution in [3.05, 3.63) is 46.0 Å². The molecule has 96 valence electrons. The number of aryl methyl sites for hydroxylation is 1. The number of aromatic nitrogens is 2. The fourth-order valence-corrected chi connectivity index (χ4v) is 1.96. The van der Waals surface area contributed by atoms with Gasteiger partial charge in [-0.2, -0.15) is 0 Å². The van der Waals surface area contributed by atoms with E-state index < -0.39 is 0 Å². The van der Waals surface area contributed by atoms with Crippen molar-refractivity contribution in [3.8, 4) is 11.3 Å². The van der Waals surface area contributed by atoms with Gasteiger partial charge < -0.3 is 5.32 Å². The van der Waals surface area contributed by atoms with Gasteiger partial charge in [-0.15, -0.1) is 0 Å². The van der Waals surface area contributed by atoms with E-state index in [1.54, 1.807) is 19.2 Å². The van der Waals surface area contributed by atoms with Gasteiger partial charge in [0, 0.05) is 18.2 Å². The Hall–Kier alpha value is -1.88. The molecule has 2 aromatic rings. The minimum atomic E-state index is -0.309. The van der Waals surface area contributed by atoms with Crippen LogP contribution < -0.4 is 10.9 Å². The van der Waals surface area contributed by atoms with Crippen molar-refractivity contribution in [2.45, 2.75) is 6.42 Å². The van der Waals surface area contributed by atoms with Gasteiger partial charge in [-0.05, 0) is 32.1 Å². The van der Waals surface area contributed by atoms with E-state index in [1.807, 2.05) is 7.05 Å². The van der Waals surface area contributed by atoms with Crippen LogP contribution in [0, 0.1) is 5.82 Å². The van der Waals surface area contributed by atoms with Gasteiger partial charge in [-0.1, -0.05) is 12.1 Å². The summed E-state index contributed by atoms with van der Waals surface area (Å²) in [6.45, 7) is 0.704. The molecule has 0 radical (unpaired) electrons. The Morgan fingerprint density at radius 1 is 1.44 bits per heavy atom. The molecule has 1 aromatic heterocycles. The number of hydrogen-bond donors (Lipinski definition) is 2. The number of rotatable bonds is 4. The minimum Gasteiger partial charge on any atom is -0.319 e. The molecule has 0 amide bonds. The highest BCUT2D eigenvalue weighted by Gasteiger charge is 2.13. The van der Waals surface area contributed by atoms with Crippen LogP contribution in [0.15, 0.2) is 29.1 Å². The van der Waals surface area contributed by atoms with Crippen LogP contribution in [-0.4, -0.2) is 23.4 Å². The SMILES string of the molecule is CNCCc1c(-c2cccc(F)c2)[nH]n(C)c1=O. The summed E-state index contributed by atoms with van der Waals surface area (Å²) in [5, 5.41) is 5.98. The fourth-order valence-electron chi connectivity index (χ4n) is 1.96. The molecule has 2 N–H and O–H groups in total. The number of halogens is 1. The van der Waals surface area contributed by atoms with Gasteiger partial charge in [0.25, 0.3) is 5.56 Å².